The molecule has 0 bridgehead atoms. The number of rotatable bonds is 6. The topological polar surface area (TPSA) is 92.0 Å². The van der Waals surface area contributed by atoms with Crippen molar-refractivity contribution < 1.29 is 28.2 Å². The zero-order chi connectivity index (χ0) is 24.2. The quantitative estimate of drug-likeness (QED) is 0.267. The second kappa shape index (κ2) is 9.80. The lowest BCUT2D eigenvalue weighted by Gasteiger charge is -2.10. The largest absolute Gasteiger partial charge is 0.465 e. The molecule has 0 fully saturated rings. The number of aryl methyl sites for hydroxylation is 1. The Bertz CT molecular complexity index is 1420. The monoisotopic (exact) mass is 478 g/mol. The first kappa shape index (κ1) is 23.1. The van der Waals surface area contributed by atoms with E-state index in [4.69, 9.17) is 25.5 Å². The van der Waals surface area contributed by atoms with Crippen LogP contribution in [0.25, 0.3) is 11.0 Å². The Labute approximate surface area is 199 Å². The fourth-order valence-electron chi connectivity index (χ4n) is 3.28. The number of fused-ring (bicyclic) bond motifs is 1. The molecule has 34 heavy (non-hydrogen) atoms. The van der Waals surface area contributed by atoms with Crippen LogP contribution in [0.3, 0.4) is 0 Å². The molecule has 4 rings (SSSR count). The second-order valence-corrected chi connectivity index (χ2v) is 7.81. The lowest BCUT2D eigenvalue weighted by molar-refractivity contribution is -0.133. The Hall–Kier alpha value is -4.10. The van der Waals surface area contributed by atoms with Crippen molar-refractivity contribution in [1.82, 2.24) is 0 Å². The summed E-state index contributed by atoms with van der Waals surface area (Å²) in [7, 11) is 1.29. The summed E-state index contributed by atoms with van der Waals surface area (Å²) in [6.45, 7) is 1.60. The summed E-state index contributed by atoms with van der Waals surface area (Å²) in [6, 6.07) is 17.6. The molecule has 3 aromatic carbocycles. The van der Waals surface area contributed by atoms with E-state index < -0.39 is 11.9 Å². The van der Waals surface area contributed by atoms with Gasteiger partial charge in [0, 0.05) is 11.1 Å². The van der Waals surface area contributed by atoms with Gasteiger partial charge in [0.15, 0.2) is 0 Å². The van der Waals surface area contributed by atoms with Gasteiger partial charge < -0.3 is 18.6 Å². The van der Waals surface area contributed by atoms with Gasteiger partial charge in [0.2, 0.25) is 11.2 Å². The van der Waals surface area contributed by atoms with Crippen LogP contribution in [0.5, 0.6) is 17.2 Å². The van der Waals surface area contributed by atoms with Gasteiger partial charge in [0.25, 0.3) is 0 Å². The number of carbonyl (C=O) groups excluding carboxylic acids is 2. The lowest BCUT2D eigenvalue weighted by Crippen LogP contribution is -2.12. The maximum absolute atomic E-state index is 13.0. The van der Waals surface area contributed by atoms with E-state index in [9.17, 15) is 14.4 Å². The molecule has 0 amide bonds. The van der Waals surface area contributed by atoms with E-state index in [-0.39, 0.29) is 40.1 Å². The van der Waals surface area contributed by atoms with Crippen molar-refractivity contribution in [2.45, 2.75) is 13.3 Å². The molecule has 0 radical (unpaired) electrons. The first-order valence-electron chi connectivity index (χ1n) is 10.2. The summed E-state index contributed by atoms with van der Waals surface area (Å²) in [5.41, 5.74) is 0.997. The van der Waals surface area contributed by atoms with Gasteiger partial charge in [-0.25, -0.2) is 4.79 Å². The van der Waals surface area contributed by atoms with Gasteiger partial charge in [-0.1, -0.05) is 23.7 Å². The Kier molecular flexibility index (Phi) is 6.65. The third kappa shape index (κ3) is 5.10. The van der Waals surface area contributed by atoms with E-state index in [1.54, 1.807) is 43.3 Å². The van der Waals surface area contributed by atoms with Crippen molar-refractivity contribution in [1.29, 1.82) is 0 Å². The maximum atomic E-state index is 13.0. The summed E-state index contributed by atoms with van der Waals surface area (Å²) in [5.74, 6) is -0.0602. The smallest absolute Gasteiger partial charge is 0.337 e. The molecule has 0 aliphatic rings. The number of hydrogen-bond donors (Lipinski definition) is 0. The third-order valence-electron chi connectivity index (χ3n) is 4.98. The highest BCUT2D eigenvalue weighted by molar-refractivity contribution is 6.30. The van der Waals surface area contributed by atoms with Crippen LogP contribution in [0.4, 0.5) is 0 Å². The number of methoxy groups -OCH3 is 1. The van der Waals surface area contributed by atoms with Crippen LogP contribution < -0.4 is 14.9 Å². The Morgan fingerprint density at radius 2 is 1.62 bits per heavy atom. The molecular weight excluding hydrogens is 460 g/mol. The van der Waals surface area contributed by atoms with E-state index in [1.807, 2.05) is 0 Å². The summed E-state index contributed by atoms with van der Waals surface area (Å²) < 4.78 is 21.6. The molecule has 0 aliphatic heterocycles. The van der Waals surface area contributed by atoms with Crippen LogP contribution in [0, 0.1) is 6.92 Å². The summed E-state index contributed by atoms with van der Waals surface area (Å²) >= 11 is 5.86. The number of carbonyl (C=O) groups is 2. The molecule has 0 atom stereocenters. The molecule has 8 heteroatoms. The highest BCUT2D eigenvalue weighted by atomic mass is 35.5. The zero-order valence-electron chi connectivity index (χ0n) is 18.3. The number of ether oxygens (including phenoxy) is 3. The third-order valence-corrected chi connectivity index (χ3v) is 5.23. The number of esters is 2. The van der Waals surface area contributed by atoms with Crippen molar-refractivity contribution in [2.75, 3.05) is 7.11 Å². The fraction of sp³-hybridized carbons (Fsp3) is 0.115. The number of benzene rings is 3. The highest BCUT2D eigenvalue weighted by Gasteiger charge is 2.16. The van der Waals surface area contributed by atoms with Crippen LogP contribution in [-0.4, -0.2) is 19.0 Å². The van der Waals surface area contributed by atoms with Gasteiger partial charge in [0.1, 0.15) is 22.8 Å². The molecule has 4 aromatic rings. The Morgan fingerprint density at radius 3 is 2.29 bits per heavy atom. The summed E-state index contributed by atoms with van der Waals surface area (Å²) in [6.07, 6.45) is 0.0692. The van der Waals surface area contributed by atoms with E-state index in [2.05, 4.69) is 4.74 Å². The highest BCUT2D eigenvalue weighted by Crippen LogP contribution is 2.28. The first-order valence-corrected chi connectivity index (χ1v) is 10.6. The normalized spacial score (nSPS) is 10.7. The van der Waals surface area contributed by atoms with Crippen LogP contribution in [0.15, 0.2) is 75.9 Å². The maximum Gasteiger partial charge on any atom is 0.337 e. The average Bonchev–Trinajstić information content (AvgIpc) is 2.83. The lowest BCUT2D eigenvalue weighted by atomic mass is 10.1. The average molecular weight is 479 g/mol. The predicted molar refractivity (Wildman–Crippen MR) is 126 cm³/mol. The van der Waals surface area contributed by atoms with Gasteiger partial charge in [0.05, 0.1) is 24.5 Å². The Morgan fingerprint density at radius 1 is 0.941 bits per heavy atom. The molecule has 172 valence electrons. The van der Waals surface area contributed by atoms with Crippen molar-refractivity contribution in [3.8, 4) is 17.2 Å². The molecule has 1 heterocycles. The Balaban J connectivity index is 1.54. The van der Waals surface area contributed by atoms with Crippen LogP contribution in [0.2, 0.25) is 5.02 Å². The molecule has 0 saturated heterocycles. The molecular formula is C26H19ClO7. The molecule has 0 N–H and O–H groups in total. The van der Waals surface area contributed by atoms with Gasteiger partial charge in [-0.15, -0.1) is 0 Å². The fourth-order valence-corrected chi connectivity index (χ4v) is 3.41. The minimum atomic E-state index is -0.474. The first-order chi connectivity index (χ1) is 16.3. The van der Waals surface area contributed by atoms with E-state index in [0.29, 0.717) is 16.3 Å². The van der Waals surface area contributed by atoms with E-state index in [0.717, 1.165) is 5.56 Å². The van der Waals surface area contributed by atoms with Gasteiger partial charge in [-0.3, -0.25) is 9.59 Å². The molecule has 0 unspecified atom stereocenters. The van der Waals surface area contributed by atoms with E-state index >= 15 is 0 Å². The molecule has 0 spiro atoms. The second-order valence-electron chi connectivity index (χ2n) is 7.37. The van der Waals surface area contributed by atoms with Crippen LogP contribution in [0.1, 0.15) is 21.7 Å². The van der Waals surface area contributed by atoms with E-state index in [1.165, 1.54) is 37.4 Å². The standard InChI is InChI=1S/C26H19ClO7/c1-15-25(34-19-9-5-17(6-10-19)26(30)31-2)24(29)21-12-11-20(14-22(21)32-15)33-23(28)13-16-3-7-18(27)8-4-16/h3-12,14H,13H2,1-2H3. The predicted octanol–water partition coefficient (Wildman–Crippen LogP) is 5.48. The van der Waals surface area contributed by atoms with Gasteiger partial charge >= 0.3 is 11.9 Å². The summed E-state index contributed by atoms with van der Waals surface area (Å²) in [5, 5.41) is 0.850. The molecule has 1 aromatic heterocycles. The minimum Gasteiger partial charge on any atom is -0.465 e. The SMILES string of the molecule is COC(=O)c1ccc(Oc2c(C)oc3cc(OC(=O)Cc4ccc(Cl)cc4)ccc3c2=O)cc1. The van der Waals surface area contributed by atoms with Crippen LogP contribution >= 0.6 is 11.6 Å². The zero-order valence-corrected chi connectivity index (χ0v) is 19.0. The minimum absolute atomic E-state index is 0.0193. The van der Waals surface area contributed by atoms with Crippen molar-refractivity contribution in [3.63, 3.8) is 0 Å². The summed E-state index contributed by atoms with van der Waals surface area (Å²) in [4.78, 5) is 36.9. The molecule has 0 saturated carbocycles. The van der Waals surface area contributed by atoms with Gasteiger partial charge in [-0.2, -0.15) is 0 Å². The van der Waals surface area contributed by atoms with Crippen LogP contribution in [-0.2, 0) is 16.0 Å². The van der Waals surface area contributed by atoms with Crippen molar-refractivity contribution in [2.24, 2.45) is 0 Å². The van der Waals surface area contributed by atoms with Crippen molar-refractivity contribution in [3.05, 3.63) is 98.9 Å². The van der Waals surface area contributed by atoms with Crippen molar-refractivity contribution >= 4 is 34.5 Å². The number of hydrogen-bond acceptors (Lipinski definition) is 7. The molecule has 7 nitrogen and oxygen atoms in total. The number of halogens is 1. The molecule has 0 aliphatic carbocycles. The van der Waals surface area contributed by atoms with Gasteiger partial charge in [-0.05, 0) is 61.0 Å².